The van der Waals surface area contributed by atoms with Gasteiger partial charge >= 0.3 is 0 Å². The summed E-state index contributed by atoms with van der Waals surface area (Å²) in [6.45, 7) is 0. The first-order valence-electron chi connectivity index (χ1n) is 5.90. The van der Waals surface area contributed by atoms with Crippen LogP contribution in [0.4, 0.5) is 0 Å². The topological polar surface area (TPSA) is 29.1 Å². The first-order valence-corrected chi connectivity index (χ1v) is 8.19. The van der Waals surface area contributed by atoms with Crippen molar-refractivity contribution in [3.8, 4) is 0 Å². The number of hydrogen-bond acceptors (Lipinski definition) is 1. The highest BCUT2D eigenvalue weighted by atomic mass is 79.9. The summed E-state index contributed by atoms with van der Waals surface area (Å²) < 4.78 is 0.746. The first-order chi connectivity index (χ1) is 8.56. The van der Waals surface area contributed by atoms with Gasteiger partial charge < -0.3 is 5.32 Å². The molecule has 0 unspecified atom stereocenters. The van der Waals surface area contributed by atoms with Crippen LogP contribution in [0, 0.1) is 0 Å². The number of alkyl halides is 1. The molecular weight excluding hydrogens is 381 g/mol. The van der Waals surface area contributed by atoms with Crippen molar-refractivity contribution in [1.29, 1.82) is 0 Å². The zero-order chi connectivity index (χ0) is 13.2. The molecule has 98 valence electrons. The van der Waals surface area contributed by atoms with E-state index in [1.54, 1.807) is 18.2 Å². The van der Waals surface area contributed by atoms with Gasteiger partial charge in [-0.25, -0.2) is 0 Å². The maximum absolute atomic E-state index is 12.2. The molecule has 2 nitrogen and oxygen atoms in total. The number of carbonyl (C=O) groups excluding carboxylic acids is 1. The van der Waals surface area contributed by atoms with Crippen molar-refractivity contribution in [2.24, 2.45) is 0 Å². The number of rotatable bonds is 3. The minimum Gasteiger partial charge on any atom is -0.346 e. The Morgan fingerprint density at radius 1 is 1.39 bits per heavy atom. The Morgan fingerprint density at radius 3 is 2.61 bits per heavy atom. The Morgan fingerprint density at radius 2 is 2.06 bits per heavy atom. The van der Waals surface area contributed by atoms with E-state index in [0.717, 1.165) is 22.6 Å². The summed E-state index contributed by atoms with van der Waals surface area (Å²) in [6, 6.07) is 5.24. The lowest BCUT2D eigenvalue weighted by molar-refractivity contribution is 0.0910. The standard InChI is InChI=1S/C13H14Br2ClNO/c14-8-13(5-1-2-6-13)17-12(18)9-3-4-11(16)10(15)7-9/h3-4,7H,1-2,5-6,8H2,(H,17,18). The van der Waals surface area contributed by atoms with E-state index in [1.165, 1.54) is 12.8 Å². The third-order valence-corrected chi connectivity index (χ3v) is 5.66. The van der Waals surface area contributed by atoms with Crippen LogP contribution in [0.25, 0.3) is 0 Å². The molecule has 1 amide bonds. The molecule has 1 aromatic rings. The van der Waals surface area contributed by atoms with Gasteiger partial charge in [-0.2, -0.15) is 0 Å². The molecule has 1 aromatic carbocycles. The Bertz CT molecular complexity index is 458. The van der Waals surface area contributed by atoms with Crippen molar-refractivity contribution in [3.63, 3.8) is 0 Å². The highest BCUT2D eigenvalue weighted by molar-refractivity contribution is 9.10. The molecule has 1 aliphatic rings. The van der Waals surface area contributed by atoms with Crippen LogP contribution in [0.15, 0.2) is 22.7 Å². The van der Waals surface area contributed by atoms with Gasteiger partial charge in [0.1, 0.15) is 0 Å². The number of halogens is 3. The molecule has 2 rings (SSSR count). The molecule has 5 heteroatoms. The summed E-state index contributed by atoms with van der Waals surface area (Å²) in [5.74, 6) is -0.0336. The molecule has 0 spiro atoms. The third kappa shape index (κ3) is 3.09. The van der Waals surface area contributed by atoms with E-state index in [-0.39, 0.29) is 11.4 Å². The molecule has 0 heterocycles. The fourth-order valence-electron chi connectivity index (χ4n) is 2.29. The van der Waals surface area contributed by atoms with Crippen molar-refractivity contribution in [2.75, 3.05) is 5.33 Å². The van der Waals surface area contributed by atoms with Gasteiger partial charge in [0, 0.05) is 15.4 Å². The highest BCUT2D eigenvalue weighted by Gasteiger charge is 2.34. The predicted molar refractivity (Wildman–Crippen MR) is 81.6 cm³/mol. The molecule has 1 saturated carbocycles. The second kappa shape index (κ2) is 5.93. The van der Waals surface area contributed by atoms with E-state index in [1.807, 2.05) is 0 Å². The van der Waals surface area contributed by atoms with E-state index in [2.05, 4.69) is 37.2 Å². The summed E-state index contributed by atoms with van der Waals surface area (Å²) in [6.07, 6.45) is 4.43. The van der Waals surface area contributed by atoms with Crippen LogP contribution in [-0.2, 0) is 0 Å². The average Bonchev–Trinajstić information content (AvgIpc) is 2.82. The van der Waals surface area contributed by atoms with Crippen molar-refractivity contribution in [2.45, 2.75) is 31.2 Å². The summed E-state index contributed by atoms with van der Waals surface area (Å²) >= 11 is 12.8. The predicted octanol–water partition coefficient (Wildman–Crippen LogP) is 4.54. The summed E-state index contributed by atoms with van der Waals surface area (Å²) in [4.78, 5) is 12.2. The summed E-state index contributed by atoms with van der Waals surface area (Å²) in [7, 11) is 0. The maximum atomic E-state index is 12.2. The Labute approximate surface area is 129 Å². The molecule has 1 fully saturated rings. The Hall–Kier alpha value is -0.0600. The monoisotopic (exact) mass is 393 g/mol. The van der Waals surface area contributed by atoms with Gasteiger partial charge in [0.15, 0.2) is 0 Å². The fourth-order valence-corrected chi connectivity index (χ4v) is 3.49. The van der Waals surface area contributed by atoms with Crippen LogP contribution >= 0.6 is 43.5 Å². The van der Waals surface area contributed by atoms with Crippen LogP contribution in [0.2, 0.25) is 5.02 Å². The van der Waals surface area contributed by atoms with E-state index in [4.69, 9.17) is 11.6 Å². The average molecular weight is 396 g/mol. The molecule has 18 heavy (non-hydrogen) atoms. The van der Waals surface area contributed by atoms with Crippen molar-refractivity contribution < 1.29 is 4.79 Å². The van der Waals surface area contributed by atoms with Crippen LogP contribution in [0.3, 0.4) is 0 Å². The summed E-state index contributed by atoms with van der Waals surface area (Å²) in [5.41, 5.74) is 0.557. The molecule has 0 saturated heterocycles. The smallest absolute Gasteiger partial charge is 0.251 e. The quantitative estimate of drug-likeness (QED) is 0.748. The van der Waals surface area contributed by atoms with Crippen molar-refractivity contribution >= 4 is 49.4 Å². The van der Waals surface area contributed by atoms with Crippen LogP contribution in [0.5, 0.6) is 0 Å². The van der Waals surface area contributed by atoms with E-state index in [9.17, 15) is 4.79 Å². The molecule has 0 aliphatic heterocycles. The van der Waals surface area contributed by atoms with Gasteiger partial charge in [0.05, 0.1) is 10.6 Å². The lowest BCUT2D eigenvalue weighted by Crippen LogP contribution is -2.47. The highest BCUT2D eigenvalue weighted by Crippen LogP contribution is 2.32. The number of hydrogen-bond donors (Lipinski definition) is 1. The lowest BCUT2D eigenvalue weighted by atomic mass is 10.00. The number of amides is 1. The molecular formula is C13H14Br2ClNO. The molecule has 0 radical (unpaired) electrons. The molecule has 1 aliphatic carbocycles. The minimum absolute atomic E-state index is 0.0336. The summed E-state index contributed by atoms with van der Waals surface area (Å²) in [5, 5.41) is 4.57. The fraction of sp³-hybridized carbons (Fsp3) is 0.462. The minimum atomic E-state index is -0.0802. The Balaban J connectivity index is 2.13. The number of nitrogens with one attached hydrogen (secondary N) is 1. The first kappa shape index (κ1) is 14.4. The largest absolute Gasteiger partial charge is 0.346 e. The zero-order valence-corrected chi connectivity index (χ0v) is 13.7. The second-order valence-corrected chi connectivity index (χ2v) is 6.53. The normalized spacial score (nSPS) is 17.7. The SMILES string of the molecule is O=C(NC1(CBr)CCCC1)c1ccc(Cl)c(Br)c1. The van der Waals surface area contributed by atoms with Crippen molar-refractivity contribution in [3.05, 3.63) is 33.3 Å². The van der Waals surface area contributed by atoms with Crippen LogP contribution < -0.4 is 5.32 Å². The molecule has 0 atom stereocenters. The van der Waals surface area contributed by atoms with Gasteiger partial charge in [-0.3, -0.25) is 4.79 Å². The van der Waals surface area contributed by atoms with Gasteiger partial charge in [0.2, 0.25) is 0 Å². The number of benzene rings is 1. The van der Waals surface area contributed by atoms with E-state index in [0.29, 0.717) is 10.6 Å². The van der Waals surface area contributed by atoms with Gasteiger partial charge in [0.25, 0.3) is 5.91 Å². The van der Waals surface area contributed by atoms with Gasteiger partial charge in [-0.05, 0) is 47.0 Å². The Kier molecular flexibility index (Phi) is 4.73. The maximum Gasteiger partial charge on any atom is 0.251 e. The van der Waals surface area contributed by atoms with Crippen LogP contribution in [0.1, 0.15) is 36.0 Å². The zero-order valence-electron chi connectivity index (χ0n) is 9.81. The number of carbonyl (C=O) groups is 1. The van der Waals surface area contributed by atoms with Gasteiger partial charge in [-0.15, -0.1) is 0 Å². The third-order valence-electron chi connectivity index (χ3n) is 3.38. The lowest BCUT2D eigenvalue weighted by Gasteiger charge is -2.28. The molecule has 0 bridgehead atoms. The second-order valence-electron chi connectivity index (χ2n) is 4.70. The molecule has 0 aromatic heterocycles. The van der Waals surface area contributed by atoms with Crippen LogP contribution in [-0.4, -0.2) is 16.8 Å². The van der Waals surface area contributed by atoms with Crippen molar-refractivity contribution in [1.82, 2.24) is 5.32 Å². The molecule has 1 N–H and O–H groups in total. The van der Waals surface area contributed by atoms with E-state index >= 15 is 0 Å². The van der Waals surface area contributed by atoms with Gasteiger partial charge in [-0.1, -0.05) is 40.4 Å². The van der Waals surface area contributed by atoms with E-state index < -0.39 is 0 Å².